The molecule has 0 amide bonds. The predicted octanol–water partition coefficient (Wildman–Crippen LogP) is 2.64. The number of benzene rings is 1. The normalized spacial score (nSPS) is 18.2. The third-order valence-electron chi connectivity index (χ3n) is 3.87. The summed E-state index contributed by atoms with van der Waals surface area (Å²) >= 11 is 0. The zero-order chi connectivity index (χ0) is 13.2. The van der Waals surface area contributed by atoms with Crippen molar-refractivity contribution in [1.82, 2.24) is 4.90 Å². The minimum atomic E-state index is -0.666. The van der Waals surface area contributed by atoms with Crippen molar-refractivity contribution in [2.75, 3.05) is 14.1 Å². The van der Waals surface area contributed by atoms with Crippen LogP contribution in [0.3, 0.4) is 0 Å². The molecule has 1 aromatic rings. The molecule has 0 aromatic heterocycles. The molecular formula is C15H21NO2. The summed E-state index contributed by atoms with van der Waals surface area (Å²) in [4.78, 5) is 13.7. The van der Waals surface area contributed by atoms with E-state index in [9.17, 15) is 9.90 Å². The highest BCUT2D eigenvalue weighted by molar-refractivity contribution is 5.81. The largest absolute Gasteiger partial charge is 0.481 e. The summed E-state index contributed by atoms with van der Waals surface area (Å²) in [5.41, 5.74) is 1.56. The molecule has 1 N–H and O–H groups in total. The van der Waals surface area contributed by atoms with Crippen LogP contribution in [0.2, 0.25) is 0 Å². The standard InChI is InChI=1S/C15H21NO2/c1-16(2)11-12-5-7-13(8-6-12)15(14(17)18)9-3-4-10-15/h5-8H,3-4,9-11H2,1-2H3,(H,17,18). The molecule has 98 valence electrons. The molecule has 2 rings (SSSR count). The molecule has 0 saturated heterocycles. The van der Waals surface area contributed by atoms with Crippen LogP contribution in [0.5, 0.6) is 0 Å². The molecule has 0 unspecified atom stereocenters. The fourth-order valence-corrected chi connectivity index (χ4v) is 2.90. The Morgan fingerprint density at radius 2 is 1.78 bits per heavy atom. The summed E-state index contributed by atoms with van der Waals surface area (Å²) < 4.78 is 0. The van der Waals surface area contributed by atoms with Gasteiger partial charge in [0.2, 0.25) is 0 Å². The van der Waals surface area contributed by atoms with Crippen LogP contribution in [0.4, 0.5) is 0 Å². The van der Waals surface area contributed by atoms with Crippen LogP contribution < -0.4 is 0 Å². The van der Waals surface area contributed by atoms with Crippen LogP contribution >= 0.6 is 0 Å². The van der Waals surface area contributed by atoms with Crippen LogP contribution in [-0.2, 0) is 16.8 Å². The molecule has 0 spiro atoms. The van der Waals surface area contributed by atoms with Crippen molar-refractivity contribution in [3.8, 4) is 0 Å². The highest BCUT2D eigenvalue weighted by Crippen LogP contribution is 2.41. The second-order valence-electron chi connectivity index (χ2n) is 5.53. The highest BCUT2D eigenvalue weighted by Gasteiger charge is 2.42. The molecule has 0 atom stereocenters. The monoisotopic (exact) mass is 247 g/mol. The Hall–Kier alpha value is -1.35. The van der Waals surface area contributed by atoms with Gasteiger partial charge in [0.15, 0.2) is 0 Å². The zero-order valence-electron chi connectivity index (χ0n) is 11.1. The molecule has 0 radical (unpaired) electrons. The maximum absolute atomic E-state index is 11.6. The molecule has 0 aliphatic heterocycles. The summed E-state index contributed by atoms with van der Waals surface area (Å²) in [7, 11) is 4.06. The predicted molar refractivity (Wildman–Crippen MR) is 71.6 cm³/mol. The van der Waals surface area contributed by atoms with Gasteiger partial charge >= 0.3 is 5.97 Å². The summed E-state index contributed by atoms with van der Waals surface area (Å²) in [6, 6.07) is 8.10. The smallest absolute Gasteiger partial charge is 0.314 e. The number of rotatable bonds is 4. The molecule has 0 heterocycles. The first-order valence-corrected chi connectivity index (χ1v) is 6.52. The Bertz CT molecular complexity index is 417. The number of carboxylic acids is 1. The summed E-state index contributed by atoms with van der Waals surface area (Å²) in [5, 5.41) is 9.52. The van der Waals surface area contributed by atoms with E-state index in [0.29, 0.717) is 0 Å². The number of carboxylic acid groups (broad SMARTS) is 1. The third kappa shape index (κ3) is 2.41. The number of aliphatic carboxylic acids is 1. The first kappa shape index (κ1) is 13.1. The number of carbonyl (C=O) groups is 1. The molecular weight excluding hydrogens is 226 g/mol. The second-order valence-corrected chi connectivity index (χ2v) is 5.53. The fraction of sp³-hybridized carbons (Fsp3) is 0.533. The topological polar surface area (TPSA) is 40.5 Å². The molecule has 3 nitrogen and oxygen atoms in total. The number of nitrogens with zero attached hydrogens (tertiary/aromatic N) is 1. The Morgan fingerprint density at radius 1 is 1.22 bits per heavy atom. The second kappa shape index (κ2) is 5.11. The number of hydrogen-bond donors (Lipinski definition) is 1. The van der Waals surface area contributed by atoms with Crippen LogP contribution in [0.1, 0.15) is 36.8 Å². The van der Waals surface area contributed by atoms with Gasteiger partial charge in [0, 0.05) is 6.54 Å². The van der Waals surface area contributed by atoms with Crippen molar-refractivity contribution in [2.24, 2.45) is 0 Å². The van der Waals surface area contributed by atoms with E-state index in [2.05, 4.69) is 17.0 Å². The van der Waals surface area contributed by atoms with Crippen molar-refractivity contribution in [1.29, 1.82) is 0 Å². The van der Waals surface area contributed by atoms with Crippen molar-refractivity contribution in [2.45, 2.75) is 37.6 Å². The van der Waals surface area contributed by atoms with E-state index in [-0.39, 0.29) is 0 Å². The summed E-state index contributed by atoms with van der Waals surface area (Å²) in [6.45, 7) is 0.889. The minimum absolute atomic E-state index is 0.628. The fourth-order valence-electron chi connectivity index (χ4n) is 2.90. The van der Waals surface area contributed by atoms with Gasteiger partial charge in [0.25, 0.3) is 0 Å². The lowest BCUT2D eigenvalue weighted by Gasteiger charge is -2.24. The van der Waals surface area contributed by atoms with E-state index in [0.717, 1.165) is 37.8 Å². The average molecular weight is 247 g/mol. The van der Waals surface area contributed by atoms with E-state index in [4.69, 9.17) is 0 Å². The Morgan fingerprint density at radius 3 is 2.22 bits per heavy atom. The molecule has 0 bridgehead atoms. The molecule has 1 aliphatic rings. The maximum atomic E-state index is 11.6. The zero-order valence-corrected chi connectivity index (χ0v) is 11.1. The van der Waals surface area contributed by atoms with Gasteiger partial charge < -0.3 is 10.0 Å². The summed E-state index contributed by atoms with van der Waals surface area (Å²) in [6.07, 6.45) is 3.59. The first-order chi connectivity index (χ1) is 8.54. The Labute approximate surface area is 108 Å². The van der Waals surface area contributed by atoms with Gasteiger partial charge in [-0.1, -0.05) is 37.1 Å². The van der Waals surface area contributed by atoms with Gasteiger partial charge in [0.05, 0.1) is 5.41 Å². The molecule has 1 fully saturated rings. The first-order valence-electron chi connectivity index (χ1n) is 6.52. The molecule has 18 heavy (non-hydrogen) atoms. The maximum Gasteiger partial charge on any atom is 0.314 e. The van der Waals surface area contributed by atoms with E-state index in [1.54, 1.807) is 0 Å². The third-order valence-corrected chi connectivity index (χ3v) is 3.87. The van der Waals surface area contributed by atoms with Gasteiger partial charge in [-0.2, -0.15) is 0 Å². The highest BCUT2D eigenvalue weighted by atomic mass is 16.4. The van der Waals surface area contributed by atoms with Gasteiger partial charge in [-0.25, -0.2) is 0 Å². The van der Waals surface area contributed by atoms with Crippen molar-refractivity contribution >= 4 is 5.97 Å². The molecule has 1 saturated carbocycles. The van der Waals surface area contributed by atoms with E-state index in [1.165, 1.54) is 5.56 Å². The summed E-state index contributed by atoms with van der Waals surface area (Å²) in [5.74, 6) is -0.666. The Balaban J connectivity index is 2.25. The SMILES string of the molecule is CN(C)Cc1ccc(C2(C(=O)O)CCCC2)cc1. The quantitative estimate of drug-likeness (QED) is 0.889. The molecule has 1 aromatic carbocycles. The lowest BCUT2D eigenvalue weighted by atomic mass is 9.79. The van der Waals surface area contributed by atoms with Crippen LogP contribution in [0.25, 0.3) is 0 Å². The van der Waals surface area contributed by atoms with E-state index >= 15 is 0 Å². The van der Waals surface area contributed by atoms with Gasteiger partial charge in [-0.3, -0.25) is 4.79 Å². The van der Waals surface area contributed by atoms with Crippen LogP contribution in [0.15, 0.2) is 24.3 Å². The Kier molecular flexibility index (Phi) is 3.71. The molecule has 1 aliphatic carbocycles. The average Bonchev–Trinajstić information content (AvgIpc) is 2.79. The van der Waals surface area contributed by atoms with Crippen molar-refractivity contribution < 1.29 is 9.90 Å². The minimum Gasteiger partial charge on any atom is -0.481 e. The number of hydrogen-bond acceptors (Lipinski definition) is 2. The lowest BCUT2D eigenvalue weighted by molar-refractivity contribution is -0.143. The van der Waals surface area contributed by atoms with Gasteiger partial charge in [-0.05, 0) is 38.1 Å². The van der Waals surface area contributed by atoms with E-state index < -0.39 is 11.4 Å². The van der Waals surface area contributed by atoms with Crippen LogP contribution in [0, 0.1) is 0 Å². The van der Waals surface area contributed by atoms with Crippen molar-refractivity contribution in [3.63, 3.8) is 0 Å². The van der Waals surface area contributed by atoms with Crippen LogP contribution in [-0.4, -0.2) is 30.1 Å². The molecule has 3 heteroatoms. The van der Waals surface area contributed by atoms with Crippen molar-refractivity contribution in [3.05, 3.63) is 35.4 Å². The van der Waals surface area contributed by atoms with E-state index in [1.807, 2.05) is 26.2 Å². The van der Waals surface area contributed by atoms with Gasteiger partial charge in [-0.15, -0.1) is 0 Å². The van der Waals surface area contributed by atoms with Gasteiger partial charge in [0.1, 0.15) is 0 Å². The lowest BCUT2D eigenvalue weighted by Crippen LogP contribution is -2.32.